The number of nitro benzene ring substituents is 2. The zero-order valence-electron chi connectivity index (χ0n) is 16.0. The fourth-order valence-corrected chi connectivity index (χ4v) is 2.42. The third-order valence-corrected chi connectivity index (χ3v) is 4.00. The first-order chi connectivity index (χ1) is 12.4. The van der Waals surface area contributed by atoms with Crippen LogP contribution in [0, 0.1) is 20.2 Å². The molecule has 1 rings (SSSR count). The lowest BCUT2D eigenvalue weighted by Gasteiger charge is -2.18. The highest BCUT2D eigenvalue weighted by Crippen LogP contribution is 2.27. The third kappa shape index (κ3) is 9.93. The van der Waals surface area contributed by atoms with Gasteiger partial charge in [0.05, 0.1) is 35.5 Å². The maximum Gasteiger partial charge on any atom is 0.276 e. The molecule has 8 nitrogen and oxygen atoms in total. The first kappa shape index (κ1) is 23.8. The van der Waals surface area contributed by atoms with Crippen LogP contribution in [0.1, 0.15) is 59.3 Å². The molecule has 0 heterocycles. The quantitative estimate of drug-likeness (QED) is 0.476. The average Bonchev–Trinajstić information content (AvgIpc) is 2.61. The fraction of sp³-hybridized carbons (Fsp3) is 0.667. The van der Waals surface area contributed by atoms with Crippen molar-refractivity contribution in [2.45, 2.75) is 59.3 Å². The molecular weight excluding hydrogens is 338 g/mol. The smallest absolute Gasteiger partial charge is 0.276 e. The van der Waals surface area contributed by atoms with Crippen LogP contribution in [0.15, 0.2) is 18.2 Å². The summed E-state index contributed by atoms with van der Waals surface area (Å²) in [5.74, 6) is -0.837. The van der Waals surface area contributed by atoms with Gasteiger partial charge in [-0.05, 0) is 25.0 Å². The van der Waals surface area contributed by atoms with E-state index in [0.29, 0.717) is 6.07 Å². The van der Waals surface area contributed by atoms with Gasteiger partial charge in [-0.1, -0.05) is 46.1 Å². The number of hydrogen-bond acceptors (Lipinski definition) is 5. The second-order valence-corrected chi connectivity index (χ2v) is 6.23. The highest BCUT2D eigenvalue weighted by molar-refractivity contribution is 5.51. The minimum Gasteiger partial charge on any atom is -0.868 e. The van der Waals surface area contributed by atoms with Crippen LogP contribution in [0.4, 0.5) is 11.4 Å². The molecule has 0 aliphatic carbocycles. The van der Waals surface area contributed by atoms with Gasteiger partial charge < -0.3 is 10.0 Å². The van der Waals surface area contributed by atoms with E-state index < -0.39 is 27.0 Å². The molecular formula is C18H31N3O5. The molecule has 0 aliphatic rings. The second-order valence-electron chi connectivity index (χ2n) is 6.23. The number of unbranched alkanes of at least 4 members (excludes halogenated alkanes) is 3. The van der Waals surface area contributed by atoms with E-state index in [1.807, 2.05) is 4.90 Å². The Labute approximate surface area is 155 Å². The molecule has 0 radical (unpaired) electrons. The van der Waals surface area contributed by atoms with Crippen LogP contribution in [0.5, 0.6) is 5.75 Å². The molecule has 0 aromatic heterocycles. The van der Waals surface area contributed by atoms with E-state index in [1.165, 1.54) is 58.2 Å². The molecule has 0 atom stereocenters. The van der Waals surface area contributed by atoms with Crippen LogP contribution >= 0.6 is 0 Å². The Morgan fingerprint density at radius 1 is 0.846 bits per heavy atom. The van der Waals surface area contributed by atoms with Gasteiger partial charge in [0.15, 0.2) is 0 Å². The fourth-order valence-electron chi connectivity index (χ4n) is 2.42. The van der Waals surface area contributed by atoms with Crippen LogP contribution in [-0.4, -0.2) is 29.5 Å². The first-order valence-corrected chi connectivity index (χ1v) is 9.30. The van der Waals surface area contributed by atoms with Gasteiger partial charge in [0.1, 0.15) is 0 Å². The van der Waals surface area contributed by atoms with Crippen LogP contribution in [0.2, 0.25) is 0 Å². The highest BCUT2D eigenvalue weighted by atomic mass is 16.6. The van der Waals surface area contributed by atoms with Gasteiger partial charge in [0, 0.05) is 6.07 Å². The first-order valence-electron chi connectivity index (χ1n) is 9.30. The Morgan fingerprint density at radius 3 is 1.65 bits per heavy atom. The Kier molecular flexibility index (Phi) is 12.8. The monoisotopic (exact) mass is 369 g/mol. The van der Waals surface area contributed by atoms with Crippen LogP contribution < -0.4 is 10.0 Å². The summed E-state index contributed by atoms with van der Waals surface area (Å²) in [5, 5.41) is 31.1. The lowest BCUT2D eigenvalue weighted by molar-refractivity contribution is -0.900. The number of quaternary nitrogens is 1. The van der Waals surface area contributed by atoms with E-state index in [1.54, 1.807) is 0 Å². The zero-order chi connectivity index (χ0) is 19.9. The van der Waals surface area contributed by atoms with E-state index in [4.69, 9.17) is 0 Å². The summed E-state index contributed by atoms with van der Waals surface area (Å²) in [6.07, 6.45) is 8.26. The van der Waals surface area contributed by atoms with E-state index >= 15 is 0 Å². The van der Waals surface area contributed by atoms with Crippen molar-refractivity contribution in [1.82, 2.24) is 0 Å². The SMILES string of the molecule is CCCC[NH+](CCCC)CCCC.O=[N+]([O-])c1ccc([O-])c([N+](=O)[O-])c1. The predicted molar refractivity (Wildman–Crippen MR) is 99.5 cm³/mol. The average molecular weight is 369 g/mol. The number of rotatable bonds is 11. The molecule has 0 unspecified atom stereocenters. The molecule has 0 spiro atoms. The molecule has 148 valence electrons. The molecule has 0 fully saturated rings. The van der Waals surface area contributed by atoms with E-state index in [2.05, 4.69) is 20.8 Å². The maximum atomic E-state index is 10.8. The van der Waals surface area contributed by atoms with E-state index in [0.717, 1.165) is 12.1 Å². The summed E-state index contributed by atoms with van der Waals surface area (Å²) in [4.78, 5) is 20.4. The van der Waals surface area contributed by atoms with Gasteiger partial charge in [0.25, 0.3) is 11.4 Å². The van der Waals surface area contributed by atoms with Gasteiger partial charge >= 0.3 is 0 Å². The molecule has 1 aromatic carbocycles. The van der Waals surface area contributed by atoms with Gasteiger partial charge in [-0.15, -0.1) is 0 Å². The number of nitrogens with one attached hydrogen (secondary N) is 1. The lowest BCUT2D eigenvalue weighted by atomic mass is 10.2. The van der Waals surface area contributed by atoms with Gasteiger partial charge in [0.2, 0.25) is 0 Å². The molecule has 0 saturated carbocycles. The summed E-state index contributed by atoms with van der Waals surface area (Å²) in [5.41, 5.74) is -1.25. The zero-order valence-corrected chi connectivity index (χ0v) is 16.0. The Balaban J connectivity index is 0.000000481. The molecule has 1 aromatic rings. The minimum absolute atomic E-state index is 0.466. The number of non-ortho nitro benzene ring substituents is 1. The van der Waals surface area contributed by atoms with Crippen molar-refractivity contribution in [2.75, 3.05) is 19.6 Å². The van der Waals surface area contributed by atoms with Gasteiger partial charge in [-0.3, -0.25) is 20.2 Å². The lowest BCUT2D eigenvalue weighted by Crippen LogP contribution is -3.12. The van der Waals surface area contributed by atoms with Crippen LogP contribution in [0.25, 0.3) is 0 Å². The Bertz CT molecular complexity index is 533. The van der Waals surface area contributed by atoms with Crippen molar-refractivity contribution in [2.24, 2.45) is 0 Å². The topological polar surface area (TPSA) is 114 Å². The molecule has 0 amide bonds. The number of benzene rings is 1. The molecule has 0 bridgehead atoms. The summed E-state index contributed by atoms with van der Waals surface area (Å²) in [7, 11) is 0. The molecule has 0 saturated heterocycles. The van der Waals surface area contributed by atoms with Crippen LogP contribution in [0.3, 0.4) is 0 Å². The normalized spacial score (nSPS) is 10.3. The number of nitrogens with zero attached hydrogens (tertiary/aromatic N) is 2. The van der Waals surface area contributed by atoms with E-state index in [-0.39, 0.29) is 0 Å². The molecule has 1 N–H and O–H groups in total. The van der Waals surface area contributed by atoms with Crippen molar-refractivity contribution in [3.05, 3.63) is 38.4 Å². The summed E-state index contributed by atoms with van der Waals surface area (Å²) in [6, 6.07) is 2.37. The Hall–Kier alpha value is -2.22. The van der Waals surface area contributed by atoms with Gasteiger partial charge in [-0.2, -0.15) is 0 Å². The standard InChI is InChI=1S/C12H27N.C6H4N2O5/c1-4-7-10-13(11-8-5-2)12-9-6-3;9-6-2-1-4(7(10)11)3-5(6)8(12)13/h4-12H2,1-3H3;1-3,9H. The molecule has 0 aliphatic heterocycles. The van der Waals surface area contributed by atoms with Crippen molar-refractivity contribution >= 4 is 11.4 Å². The number of hydrogen-bond donors (Lipinski definition) is 1. The molecule has 8 heteroatoms. The molecule has 26 heavy (non-hydrogen) atoms. The largest absolute Gasteiger partial charge is 0.868 e. The summed E-state index contributed by atoms with van der Waals surface area (Å²) >= 11 is 0. The number of nitro groups is 2. The van der Waals surface area contributed by atoms with Crippen molar-refractivity contribution < 1.29 is 19.9 Å². The van der Waals surface area contributed by atoms with Crippen molar-refractivity contribution in [3.8, 4) is 5.75 Å². The highest BCUT2D eigenvalue weighted by Gasteiger charge is 2.13. The van der Waals surface area contributed by atoms with Crippen molar-refractivity contribution in [3.63, 3.8) is 0 Å². The maximum absolute atomic E-state index is 10.8. The van der Waals surface area contributed by atoms with Crippen molar-refractivity contribution in [1.29, 1.82) is 0 Å². The predicted octanol–water partition coefficient (Wildman–Crippen LogP) is 2.85. The third-order valence-electron chi connectivity index (χ3n) is 4.00. The summed E-state index contributed by atoms with van der Waals surface area (Å²) in [6.45, 7) is 11.1. The Morgan fingerprint density at radius 2 is 1.31 bits per heavy atom. The minimum atomic E-state index is -0.949. The van der Waals surface area contributed by atoms with Crippen LogP contribution in [-0.2, 0) is 0 Å². The van der Waals surface area contributed by atoms with E-state index in [9.17, 15) is 25.3 Å². The second kappa shape index (κ2) is 14.0. The summed E-state index contributed by atoms with van der Waals surface area (Å²) < 4.78 is 0. The van der Waals surface area contributed by atoms with Gasteiger partial charge in [-0.25, -0.2) is 0 Å².